The molecule has 0 aliphatic carbocycles. The van der Waals surface area contributed by atoms with Crippen LogP contribution in [0.1, 0.15) is 42.1 Å². The maximum Gasteiger partial charge on any atom is 0.255 e. The van der Waals surface area contributed by atoms with Crippen LogP contribution in [0.4, 0.5) is 0 Å². The molecule has 0 atom stereocenters. The predicted molar refractivity (Wildman–Crippen MR) is 110 cm³/mol. The number of ether oxygens (including phenoxy) is 1. The molecule has 1 saturated heterocycles. The first-order valence-electron chi connectivity index (χ1n) is 9.92. The highest BCUT2D eigenvalue weighted by Gasteiger charge is 2.24. The summed E-state index contributed by atoms with van der Waals surface area (Å²) >= 11 is 0. The van der Waals surface area contributed by atoms with Gasteiger partial charge in [-0.1, -0.05) is 26.0 Å². The van der Waals surface area contributed by atoms with Crippen molar-refractivity contribution in [1.82, 2.24) is 14.8 Å². The van der Waals surface area contributed by atoms with Crippen molar-refractivity contribution >= 4 is 11.8 Å². The van der Waals surface area contributed by atoms with E-state index >= 15 is 0 Å². The first kappa shape index (κ1) is 20.6. The van der Waals surface area contributed by atoms with Gasteiger partial charge in [-0.05, 0) is 29.7 Å². The van der Waals surface area contributed by atoms with Gasteiger partial charge in [0, 0.05) is 38.4 Å². The van der Waals surface area contributed by atoms with Gasteiger partial charge in [0.15, 0.2) is 0 Å². The van der Waals surface area contributed by atoms with Gasteiger partial charge < -0.3 is 19.5 Å². The molecule has 0 bridgehead atoms. The van der Waals surface area contributed by atoms with Crippen LogP contribution >= 0.6 is 0 Å². The normalized spacial score (nSPS) is 14.2. The summed E-state index contributed by atoms with van der Waals surface area (Å²) in [5, 5.41) is 0. The zero-order valence-corrected chi connectivity index (χ0v) is 16.9. The maximum atomic E-state index is 12.5. The molecule has 1 aromatic carbocycles. The topological polar surface area (TPSA) is 82.7 Å². The lowest BCUT2D eigenvalue weighted by Gasteiger charge is -2.34. The van der Waals surface area contributed by atoms with E-state index in [9.17, 15) is 14.4 Å². The van der Waals surface area contributed by atoms with Crippen LogP contribution in [-0.2, 0) is 4.79 Å². The van der Waals surface area contributed by atoms with E-state index in [1.165, 1.54) is 23.9 Å². The Morgan fingerprint density at radius 2 is 1.66 bits per heavy atom. The Kier molecular flexibility index (Phi) is 6.69. The molecular weight excluding hydrogens is 370 g/mol. The van der Waals surface area contributed by atoms with E-state index in [1.807, 2.05) is 24.3 Å². The Balaban J connectivity index is 1.42. The van der Waals surface area contributed by atoms with Gasteiger partial charge in [0.05, 0.1) is 18.6 Å². The van der Waals surface area contributed by atoms with Gasteiger partial charge in [-0.25, -0.2) is 0 Å². The zero-order valence-electron chi connectivity index (χ0n) is 16.9. The number of aromatic nitrogens is 1. The highest BCUT2D eigenvalue weighted by atomic mass is 16.5. The third-order valence-corrected chi connectivity index (χ3v) is 5.08. The Labute approximate surface area is 170 Å². The molecule has 1 N–H and O–H groups in total. The second-order valence-electron chi connectivity index (χ2n) is 7.44. The summed E-state index contributed by atoms with van der Waals surface area (Å²) in [4.78, 5) is 42.0. The molecule has 0 spiro atoms. The average Bonchev–Trinajstić information content (AvgIpc) is 2.74. The molecule has 1 aliphatic heterocycles. The molecule has 1 aromatic heterocycles. The fourth-order valence-electron chi connectivity index (χ4n) is 3.25. The molecule has 7 nitrogen and oxygen atoms in total. The number of carbonyl (C=O) groups excluding carboxylic acids is 2. The Morgan fingerprint density at radius 3 is 2.24 bits per heavy atom. The van der Waals surface area contributed by atoms with Crippen molar-refractivity contribution in [2.75, 3.05) is 32.8 Å². The number of amides is 2. The molecular formula is C22H27N3O4. The number of rotatable bonds is 6. The molecule has 2 aromatic rings. The van der Waals surface area contributed by atoms with Crippen LogP contribution in [0.2, 0.25) is 0 Å². The number of hydrogen-bond acceptors (Lipinski definition) is 4. The minimum absolute atomic E-state index is 0.0277. The lowest BCUT2D eigenvalue weighted by atomic mass is 10.0. The van der Waals surface area contributed by atoms with Gasteiger partial charge >= 0.3 is 0 Å². The number of carbonyl (C=O) groups is 2. The highest BCUT2D eigenvalue weighted by Crippen LogP contribution is 2.18. The van der Waals surface area contributed by atoms with E-state index in [2.05, 4.69) is 18.8 Å². The molecule has 1 fully saturated rings. The summed E-state index contributed by atoms with van der Waals surface area (Å²) in [5.74, 6) is 1.13. The van der Waals surface area contributed by atoms with Crippen molar-refractivity contribution in [3.05, 3.63) is 64.1 Å². The first-order valence-corrected chi connectivity index (χ1v) is 9.92. The highest BCUT2D eigenvalue weighted by molar-refractivity contribution is 5.94. The fourth-order valence-corrected chi connectivity index (χ4v) is 3.25. The van der Waals surface area contributed by atoms with Crippen molar-refractivity contribution in [3.8, 4) is 5.75 Å². The van der Waals surface area contributed by atoms with Crippen molar-refractivity contribution in [1.29, 1.82) is 0 Å². The molecule has 1 aliphatic rings. The molecule has 7 heteroatoms. The monoisotopic (exact) mass is 397 g/mol. The fraction of sp³-hybridized carbons (Fsp3) is 0.409. The quantitative estimate of drug-likeness (QED) is 0.811. The van der Waals surface area contributed by atoms with Crippen LogP contribution < -0.4 is 10.3 Å². The van der Waals surface area contributed by atoms with Gasteiger partial charge in [0.25, 0.3) is 5.91 Å². The zero-order chi connectivity index (χ0) is 20.8. The number of piperazine rings is 1. The molecule has 0 saturated carbocycles. The van der Waals surface area contributed by atoms with Crippen LogP contribution in [0.5, 0.6) is 5.75 Å². The summed E-state index contributed by atoms with van der Waals surface area (Å²) in [6.07, 6.45) is 1.73. The van der Waals surface area contributed by atoms with Crippen LogP contribution in [0.25, 0.3) is 0 Å². The SMILES string of the molecule is CC(C)c1ccc(OCCC(=O)N2CCN(C(=O)c3ccc(=O)[nH]c3)CC2)cc1. The van der Waals surface area contributed by atoms with Gasteiger partial charge in [0.2, 0.25) is 11.5 Å². The number of hydrogen-bond donors (Lipinski definition) is 1. The molecule has 29 heavy (non-hydrogen) atoms. The molecule has 154 valence electrons. The van der Waals surface area contributed by atoms with Crippen molar-refractivity contribution in [2.24, 2.45) is 0 Å². The number of benzene rings is 1. The van der Waals surface area contributed by atoms with Gasteiger partial charge in [-0.3, -0.25) is 14.4 Å². The smallest absolute Gasteiger partial charge is 0.255 e. The van der Waals surface area contributed by atoms with E-state index in [-0.39, 0.29) is 17.4 Å². The van der Waals surface area contributed by atoms with Gasteiger partial charge in [0.1, 0.15) is 5.75 Å². The average molecular weight is 397 g/mol. The molecule has 3 rings (SSSR count). The van der Waals surface area contributed by atoms with E-state index < -0.39 is 0 Å². The molecule has 0 unspecified atom stereocenters. The standard InChI is InChI=1S/C22H27N3O4/c1-16(2)17-3-6-19(7-4-17)29-14-9-21(27)24-10-12-25(13-11-24)22(28)18-5-8-20(26)23-15-18/h3-8,15-16H,9-14H2,1-2H3,(H,23,26). The summed E-state index contributed by atoms with van der Waals surface area (Å²) in [6, 6.07) is 10.8. The number of nitrogens with zero attached hydrogens (tertiary/aromatic N) is 2. The van der Waals surface area contributed by atoms with E-state index in [0.717, 1.165) is 5.75 Å². The molecule has 2 amide bonds. The minimum atomic E-state index is -0.241. The van der Waals surface area contributed by atoms with Gasteiger partial charge in [-0.15, -0.1) is 0 Å². The van der Waals surface area contributed by atoms with Crippen LogP contribution in [0, 0.1) is 0 Å². The second kappa shape index (κ2) is 9.41. The Bertz CT molecular complexity index is 877. The number of nitrogens with one attached hydrogen (secondary N) is 1. The number of aromatic amines is 1. The van der Waals surface area contributed by atoms with Gasteiger partial charge in [-0.2, -0.15) is 0 Å². The lowest BCUT2D eigenvalue weighted by Crippen LogP contribution is -2.50. The van der Waals surface area contributed by atoms with Crippen LogP contribution in [0.3, 0.4) is 0 Å². The Morgan fingerprint density at radius 1 is 1.00 bits per heavy atom. The predicted octanol–water partition coefficient (Wildman–Crippen LogP) is 2.25. The number of H-pyrrole nitrogens is 1. The van der Waals surface area contributed by atoms with Crippen molar-refractivity contribution in [2.45, 2.75) is 26.2 Å². The maximum absolute atomic E-state index is 12.5. The Hall–Kier alpha value is -3.09. The summed E-state index contributed by atoms with van der Waals surface area (Å²) < 4.78 is 5.69. The van der Waals surface area contributed by atoms with E-state index in [1.54, 1.807) is 9.80 Å². The van der Waals surface area contributed by atoms with Crippen molar-refractivity contribution in [3.63, 3.8) is 0 Å². The summed E-state index contributed by atoms with van der Waals surface area (Å²) in [5.41, 5.74) is 1.46. The minimum Gasteiger partial charge on any atom is -0.493 e. The first-order chi connectivity index (χ1) is 13.9. The summed E-state index contributed by atoms with van der Waals surface area (Å²) in [6.45, 7) is 6.55. The van der Waals surface area contributed by atoms with E-state index in [0.29, 0.717) is 50.7 Å². The summed E-state index contributed by atoms with van der Waals surface area (Å²) in [7, 11) is 0. The van der Waals surface area contributed by atoms with Crippen molar-refractivity contribution < 1.29 is 14.3 Å². The lowest BCUT2D eigenvalue weighted by molar-refractivity contribution is -0.133. The second-order valence-corrected chi connectivity index (χ2v) is 7.44. The molecule has 2 heterocycles. The largest absolute Gasteiger partial charge is 0.493 e. The van der Waals surface area contributed by atoms with E-state index in [4.69, 9.17) is 4.74 Å². The molecule has 0 radical (unpaired) electrons. The van der Waals surface area contributed by atoms with Crippen LogP contribution in [0.15, 0.2) is 47.4 Å². The van der Waals surface area contributed by atoms with Crippen LogP contribution in [-0.4, -0.2) is 59.4 Å². The third-order valence-electron chi connectivity index (χ3n) is 5.08. The third kappa shape index (κ3) is 5.47. The number of pyridine rings is 1.